The molecule has 1 saturated carbocycles. The molecular weight excluding hydrogens is 234 g/mol. The zero-order chi connectivity index (χ0) is 12.5. The molecule has 0 radical (unpaired) electrons. The largest absolute Gasteiger partial charge is 0.398 e. The summed E-state index contributed by atoms with van der Waals surface area (Å²) < 4.78 is 0. The molecule has 1 fully saturated rings. The summed E-state index contributed by atoms with van der Waals surface area (Å²) in [6.07, 6.45) is 5.49. The van der Waals surface area contributed by atoms with Crippen molar-refractivity contribution in [3.63, 3.8) is 0 Å². The Kier molecular flexibility index (Phi) is 3.43. The van der Waals surface area contributed by atoms with Crippen LogP contribution in [-0.4, -0.2) is 5.78 Å². The van der Waals surface area contributed by atoms with Gasteiger partial charge in [-0.1, -0.05) is 37.8 Å². The highest BCUT2D eigenvalue weighted by molar-refractivity contribution is 6.33. The number of nitrogens with two attached hydrogens (primary N) is 1. The third-order valence-corrected chi connectivity index (χ3v) is 4.10. The van der Waals surface area contributed by atoms with Gasteiger partial charge in [-0.3, -0.25) is 4.79 Å². The van der Waals surface area contributed by atoms with Crippen LogP contribution < -0.4 is 5.73 Å². The third kappa shape index (κ3) is 2.47. The second-order valence-electron chi connectivity index (χ2n) is 5.19. The predicted octanol–water partition coefficient (Wildman–Crippen LogP) is 4.08. The summed E-state index contributed by atoms with van der Waals surface area (Å²) in [5.74, 6) is 0.208. The van der Waals surface area contributed by atoms with Crippen LogP contribution in [0.2, 0.25) is 5.02 Å². The molecule has 0 amide bonds. The minimum absolute atomic E-state index is 0.208. The van der Waals surface area contributed by atoms with E-state index in [9.17, 15) is 4.79 Å². The molecule has 1 aromatic rings. The Hall–Kier alpha value is -1.02. The fourth-order valence-corrected chi connectivity index (χ4v) is 2.76. The maximum Gasteiger partial charge on any atom is 0.168 e. The molecule has 2 N–H and O–H groups in total. The molecule has 1 aliphatic rings. The van der Waals surface area contributed by atoms with E-state index < -0.39 is 0 Å². The average Bonchev–Trinajstić information content (AvgIpc) is 2.33. The van der Waals surface area contributed by atoms with E-state index in [4.69, 9.17) is 17.3 Å². The van der Waals surface area contributed by atoms with Gasteiger partial charge in [-0.2, -0.15) is 0 Å². The smallest absolute Gasteiger partial charge is 0.168 e. The van der Waals surface area contributed by atoms with Gasteiger partial charge in [0.1, 0.15) is 0 Å². The molecule has 0 atom stereocenters. The van der Waals surface area contributed by atoms with Crippen LogP contribution in [0.1, 0.15) is 49.4 Å². The Labute approximate surface area is 107 Å². The van der Waals surface area contributed by atoms with Crippen molar-refractivity contribution >= 4 is 23.1 Å². The summed E-state index contributed by atoms with van der Waals surface area (Å²) in [7, 11) is 0. The molecule has 0 saturated heterocycles. The lowest BCUT2D eigenvalue weighted by Gasteiger charge is -2.32. The molecule has 1 aromatic carbocycles. The average molecular weight is 252 g/mol. The molecule has 3 heteroatoms. The van der Waals surface area contributed by atoms with E-state index in [2.05, 4.69) is 6.92 Å². The maximum absolute atomic E-state index is 12.5. The number of hydrogen-bond acceptors (Lipinski definition) is 2. The first kappa shape index (κ1) is 12.4. The summed E-state index contributed by atoms with van der Waals surface area (Å²) in [6.45, 7) is 2.07. The van der Waals surface area contributed by atoms with Crippen molar-refractivity contribution in [1.82, 2.24) is 0 Å². The molecule has 92 valence electrons. The number of carbonyl (C=O) groups excluding carboxylic acids is 1. The van der Waals surface area contributed by atoms with Gasteiger partial charge < -0.3 is 5.73 Å². The zero-order valence-corrected chi connectivity index (χ0v) is 10.9. The van der Waals surface area contributed by atoms with Crippen LogP contribution in [0.25, 0.3) is 0 Å². The van der Waals surface area contributed by atoms with Crippen molar-refractivity contribution in [2.24, 2.45) is 5.41 Å². The first-order valence-electron chi connectivity index (χ1n) is 6.13. The monoisotopic (exact) mass is 251 g/mol. The molecule has 0 heterocycles. The van der Waals surface area contributed by atoms with Crippen molar-refractivity contribution in [2.75, 3.05) is 5.73 Å². The Morgan fingerprint density at radius 3 is 2.53 bits per heavy atom. The minimum Gasteiger partial charge on any atom is -0.398 e. The molecule has 0 aliphatic heterocycles. The molecule has 1 aliphatic carbocycles. The van der Waals surface area contributed by atoms with Gasteiger partial charge in [0.05, 0.1) is 10.7 Å². The highest BCUT2D eigenvalue weighted by Gasteiger charge is 2.35. The first-order valence-corrected chi connectivity index (χ1v) is 6.50. The van der Waals surface area contributed by atoms with Gasteiger partial charge in [0.25, 0.3) is 0 Å². The Balaban J connectivity index is 2.26. The fraction of sp³-hybridized carbons (Fsp3) is 0.500. The second kappa shape index (κ2) is 4.69. The number of hydrogen-bond donors (Lipinski definition) is 1. The summed E-state index contributed by atoms with van der Waals surface area (Å²) in [5.41, 5.74) is 6.66. The maximum atomic E-state index is 12.5. The number of rotatable bonds is 2. The van der Waals surface area contributed by atoms with Crippen LogP contribution in [0.15, 0.2) is 18.2 Å². The molecule has 17 heavy (non-hydrogen) atoms. The number of ketones is 1. The van der Waals surface area contributed by atoms with Crippen LogP contribution in [0, 0.1) is 5.41 Å². The van der Waals surface area contributed by atoms with Crippen molar-refractivity contribution in [3.8, 4) is 0 Å². The molecular formula is C14H18ClNO. The molecule has 0 unspecified atom stereocenters. The summed E-state index contributed by atoms with van der Waals surface area (Å²) in [6, 6.07) is 5.18. The normalized spacial score (nSPS) is 18.9. The van der Waals surface area contributed by atoms with E-state index in [1.807, 2.05) is 0 Å². The zero-order valence-electron chi connectivity index (χ0n) is 10.1. The molecule has 2 rings (SSSR count). The van der Waals surface area contributed by atoms with E-state index in [1.165, 1.54) is 6.42 Å². The van der Waals surface area contributed by atoms with Crippen LogP contribution in [-0.2, 0) is 0 Å². The number of Topliss-reactive ketones (excluding diaryl/α,β-unsaturated/α-hetero) is 1. The van der Waals surface area contributed by atoms with Crippen molar-refractivity contribution in [2.45, 2.75) is 39.0 Å². The van der Waals surface area contributed by atoms with Gasteiger partial charge in [0.2, 0.25) is 0 Å². The summed E-state index contributed by atoms with van der Waals surface area (Å²) in [5, 5.41) is 0.468. The summed E-state index contributed by atoms with van der Waals surface area (Å²) in [4.78, 5) is 12.5. The van der Waals surface area contributed by atoms with Crippen molar-refractivity contribution in [3.05, 3.63) is 28.8 Å². The number of carbonyl (C=O) groups is 1. The Morgan fingerprint density at radius 2 is 1.94 bits per heavy atom. The van der Waals surface area contributed by atoms with Crippen molar-refractivity contribution in [1.29, 1.82) is 0 Å². The molecule has 0 spiro atoms. The Morgan fingerprint density at radius 1 is 1.29 bits per heavy atom. The first-order chi connectivity index (χ1) is 8.03. The fourth-order valence-electron chi connectivity index (χ4n) is 2.58. The van der Waals surface area contributed by atoms with E-state index in [1.54, 1.807) is 18.2 Å². The number of halogens is 1. The molecule has 0 aromatic heterocycles. The minimum atomic E-state index is -0.211. The van der Waals surface area contributed by atoms with E-state index in [0.717, 1.165) is 25.7 Å². The molecule has 2 nitrogen and oxygen atoms in total. The van der Waals surface area contributed by atoms with Gasteiger partial charge in [-0.05, 0) is 31.0 Å². The lowest BCUT2D eigenvalue weighted by atomic mass is 9.71. The van der Waals surface area contributed by atoms with E-state index in [0.29, 0.717) is 16.3 Å². The number of nitrogen functional groups attached to an aromatic ring is 1. The molecule has 0 bridgehead atoms. The van der Waals surface area contributed by atoms with Crippen molar-refractivity contribution < 1.29 is 4.79 Å². The summed E-state index contributed by atoms with van der Waals surface area (Å²) >= 11 is 5.97. The van der Waals surface area contributed by atoms with Gasteiger partial charge in [-0.15, -0.1) is 0 Å². The number of anilines is 1. The standard InChI is InChI=1S/C14H18ClNO/c1-14(7-3-2-4-8-14)13(17)10-5-6-12(16)11(15)9-10/h5-6,9H,2-4,7-8,16H2,1H3. The number of benzene rings is 1. The van der Waals surface area contributed by atoms with Gasteiger partial charge in [0, 0.05) is 11.0 Å². The lowest BCUT2D eigenvalue weighted by molar-refractivity contribution is 0.0749. The third-order valence-electron chi connectivity index (χ3n) is 3.77. The van der Waals surface area contributed by atoms with Crippen LogP contribution in [0.4, 0.5) is 5.69 Å². The van der Waals surface area contributed by atoms with Gasteiger partial charge in [-0.25, -0.2) is 0 Å². The van der Waals surface area contributed by atoms with E-state index in [-0.39, 0.29) is 11.2 Å². The highest BCUT2D eigenvalue weighted by atomic mass is 35.5. The van der Waals surface area contributed by atoms with Gasteiger partial charge in [0.15, 0.2) is 5.78 Å². The van der Waals surface area contributed by atoms with Crippen LogP contribution in [0.3, 0.4) is 0 Å². The van der Waals surface area contributed by atoms with Crippen LogP contribution in [0.5, 0.6) is 0 Å². The quantitative estimate of drug-likeness (QED) is 0.636. The van der Waals surface area contributed by atoms with Crippen LogP contribution >= 0.6 is 11.6 Å². The Bertz CT molecular complexity index is 436. The highest BCUT2D eigenvalue weighted by Crippen LogP contribution is 2.39. The predicted molar refractivity (Wildman–Crippen MR) is 71.4 cm³/mol. The van der Waals surface area contributed by atoms with E-state index >= 15 is 0 Å². The topological polar surface area (TPSA) is 43.1 Å². The second-order valence-corrected chi connectivity index (χ2v) is 5.59. The lowest BCUT2D eigenvalue weighted by Crippen LogP contribution is -2.30. The SMILES string of the molecule is CC1(C(=O)c2ccc(N)c(Cl)c2)CCCCC1. The van der Waals surface area contributed by atoms with Gasteiger partial charge >= 0.3 is 0 Å².